The molecule has 1 aliphatic heterocycles. The molecule has 0 atom stereocenters. The van der Waals surface area contributed by atoms with E-state index in [0.717, 1.165) is 29.5 Å². The number of ketones is 1. The van der Waals surface area contributed by atoms with Gasteiger partial charge in [0.05, 0.1) is 17.7 Å². The molecule has 0 saturated carbocycles. The zero-order valence-corrected chi connectivity index (χ0v) is 21.5. The van der Waals surface area contributed by atoms with Crippen LogP contribution in [0.3, 0.4) is 0 Å². The van der Waals surface area contributed by atoms with Crippen molar-refractivity contribution in [1.82, 2.24) is 0 Å². The summed E-state index contributed by atoms with van der Waals surface area (Å²) in [6, 6.07) is 17.5. The van der Waals surface area contributed by atoms with E-state index in [1.165, 1.54) is 5.56 Å². The molecule has 36 heavy (non-hydrogen) atoms. The number of fused-ring (bicyclic) bond motifs is 1. The zero-order chi connectivity index (χ0) is 25.7. The van der Waals surface area contributed by atoms with Crippen molar-refractivity contribution in [3.63, 3.8) is 0 Å². The monoisotopic (exact) mass is 486 g/mol. The number of rotatable bonds is 10. The summed E-state index contributed by atoms with van der Waals surface area (Å²) in [4.78, 5) is 13.3. The molecule has 188 valence electrons. The zero-order valence-electron chi connectivity index (χ0n) is 21.5. The number of ether oxygens (including phenoxy) is 3. The van der Waals surface area contributed by atoms with E-state index in [2.05, 4.69) is 6.92 Å². The van der Waals surface area contributed by atoms with Gasteiger partial charge in [0, 0.05) is 5.56 Å². The van der Waals surface area contributed by atoms with Crippen molar-refractivity contribution in [2.45, 2.75) is 59.4 Å². The van der Waals surface area contributed by atoms with E-state index in [9.17, 15) is 9.90 Å². The van der Waals surface area contributed by atoms with Crippen LogP contribution in [-0.2, 0) is 19.6 Å². The fourth-order valence-corrected chi connectivity index (χ4v) is 4.19. The normalized spacial score (nSPS) is 13.6. The van der Waals surface area contributed by atoms with Crippen LogP contribution in [0, 0.1) is 6.92 Å². The van der Waals surface area contributed by atoms with E-state index in [-0.39, 0.29) is 19.0 Å². The Labute approximate surface area is 213 Å². The van der Waals surface area contributed by atoms with E-state index in [0.29, 0.717) is 35.0 Å². The first-order chi connectivity index (χ1) is 17.3. The number of Topliss-reactive ketones (excluding diaryl/α,β-unsaturated/α-hetero) is 1. The number of carbonyl (C=O) groups is 1. The number of benzene rings is 3. The molecule has 0 aliphatic carbocycles. The third kappa shape index (κ3) is 5.97. The smallest absolute Gasteiger partial charge is 0.203 e. The molecular weight excluding hydrogens is 452 g/mol. The van der Waals surface area contributed by atoms with Crippen LogP contribution < -0.4 is 14.2 Å². The number of carbonyl (C=O) groups excluding carboxylic acids is 1. The predicted molar refractivity (Wildman–Crippen MR) is 142 cm³/mol. The van der Waals surface area contributed by atoms with Crippen molar-refractivity contribution < 1.29 is 24.1 Å². The maximum Gasteiger partial charge on any atom is 0.203 e. The van der Waals surface area contributed by atoms with Gasteiger partial charge in [-0.05, 0) is 74.7 Å². The lowest BCUT2D eigenvalue weighted by molar-refractivity contribution is 0.0913. The molecule has 0 saturated heterocycles. The lowest BCUT2D eigenvalue weighted by Crippen LogP contribution is -2.27. The van der Waals surface area contributed by atoms with Gasteiger partial charge in [0.1, 0.15) is 29.5 Å². The van der Waals surface area contributed by atoms with Gasteiger partial charge >= 0.3 is 0 Å². The van der Waals surface area contributed by atoms with Gasteiger partial charge in [0.25, 0.3) is 0 Å². The number of aliphatic hydroxyl groups is 1. The molecule has 0 fully saturated rings. The van der Waals surface area contributed by atoms with Crippen molar-refractivity contribution in [3.05, 3.63) is 94.1 Å². The summed E-state index contributed by atoms with van der Waals surface area (Å²) in [6.45, 7) is 8.09. The Morgan fingerprint density at radius 1 is 1.00 bits per heavy atom. The van der Waals surface area contributed by atoms with Crippen LogP contribution in [0.15, 0.2) is 60.7 Å². The molecule has 3 aromatic rings. The van der Waals surface area contributed by atoms with Crippen LogP contribution in [0.5, 0.6) is 17.2 Å². The Balaban J connectivity index is 1.56. The highest BCUT2D eigenvalue weighted by molar-refractivity contribution is 6.00. The number of aliphatic hydroxyl groups excluding tert-OH is 1. The Kier molecular flexibility index (Phi) is 7.80. The van der Waals surface area contributed by atoms with Crippen LogP contribution in [0.25, 0.3) is 6.08 Å². The first-order valence-electron chi connectivity index (χ1n) is 12.4. The molecule has 0 aromatic heterocycles. The summed E-state index contributed by atoms with van der Waals surface area (Å²) in [6.07, 6.45) is 5.77. The SMILES string of the molecule is CCCc1ccc(C(=O)COc2c(CO)ccc3c2C=CC(C)(C)O3)c(OCc2ccc(C)cc2)c1. The summed E-state index contributed by atoms with van der Waals surface area (Å²) >= 11 is 0. The third-order valence-electron chi connectivity index (χ3n) is 6.18. The summed E-state index contributed by atoms with van der Waals surface area (Å²) < 4.78 is 18.2. The third-order valence-corrected chi connectivity index (χ3v) is 6.18. The minimum absolute atomic E-state index is 0.186. The summed E-state index contributed by atoms with van der Waals surface area (Å²) in [5.74, 6) is 1.48. The Morgan fingerprint density at radius 2 is 1.75 bits per heavy atom. The Hall–Kier alpha value is -3.57. The molecule has 1 heterocycles. The Bertz CT molecular complexity index is 1250. The van der Waals surface area contributed by atoms with Crippen molar-refractivity contribution in [2.75, 3.05) is 6.61 Å². The summed E-state index contributed by atoms with van der Waals surface area (Å²) in [7, 11) is 0. The first-order valence-corrected chi connectivity index (χ1v) is 12.4. The lowest BCUT2D eigenvalue weighted by atomic mass is 9.99. The average molecular weight is 487 g/mol. The highest BCUT2D eigenvalue weighted by Gasteiger charge is 2.26. The predicted octanol–water partition coefficient (Wildman–Crippen LogP) is 6.46. The molecule has 5 nitrogen and oxygen atoms in total. The minimum Gasteiger partial charge on any atom is -0.488 e. The quantitative estimate of drug-likeness (QED) is 0.333. The molecule has 3 aromatic carbocycles. The molecule has 1 aliphatic rings. The van der Waals surface area contributed by atoms with Crippen molar-refractivity contribution >= 4 is 11.9 Å². The fraction of sp³-hybridized carbons (Fsp3) is 0.323. The van der Waals surface area contributed by atoms with Crippen LogP contribution >= 0.6 is 0 Å². The second kappa shape index (κ2) is 11.0. The van der Waals surface area contributed by atoms with Crippen molar-refractivity contribution in [3.8, 4) is 17.2 Å². The Morgan fingerprint density at radius 3 is 2.47 bits per heavy atom. The molecule has 0 bridgehead atoms. The molecule has 0 unspecified atom stereocenters. The largest absolute Gasteiger partial charge is 0.488 e. The average Bonchev–Trinajstić information content (AvgIpc) is 2.86. The molecule has 4 rings (SSSR count). The van der Waals surface area contributed by atoms with Gasteiger partial charge in [0.2, 0.25) is 5.78 Å². The summed E-state index contributed by atoms with van der Waals surface area (Å²) in [5.41, 5.74) is 4.71. The second-order valence-corrected chi connectivity index (χ2v) is 9.73. The van der Waals surface area contributed by atoms with Gasteiger partial charge < -0.3 is 19.3 Å². The molecule has 5 heteroatoms. The maximum absolute atomic E-state index is 13.3. The minimum atomic E-state index is -0.440. The first kappa shape index (κ1) is 25.5. The van der Waals surface area contributed by atoms with Gasteiger partial charge in [-0.2, -0.15) is 0 Å². The van der Waals surface area contributed by atoms with Crippen molar-refractivity contribution in [1.29, 1.82) is 0 Å². The summed E-state index contributed by atoms with van der Waals surface area (Å²) in [5, 5.41) is 9.88. The van der Waals surface area contributed by atoms with E-state index < -0.39 is 5.60 Å². The van der Waals surface area contributed by atoms with Gasteiger partial charge in [-0.3, -0.25) is 4.79 Å². The molecule has 1 N–H and O–H groups in total. The fourth-order valence-electron chi connectivity index (χ4n) is 4.19. The highest BCUT2D eigenvalue weighted by atomic mass is 16.5. The lowest BCUT2D eigenvalue weighted by Gasteiger charge is -2.29. The van der Waals surface area contributed by atoms with Gasteiger partial charge in [-0.15, -0.1) is 0 Å². The van der Waals surface area contributed by atoms with Crippen LogP contribution in [-0.4, -0.2) is 23.1 Å². The standard InChI is InChI=1S/C31H34O5/c1-5-6-22-11-13-25(29(17-22)34-19-23-9-7-21(2)8-10-23)27(33)20-35-30-24(18-32)12-14-28-26(30)15-16-31(3,4)36-28/h7-17,32H,5-6,18-20H2,1-4H3. The number of aryl methyl sites for hydroxylation is 2. The number of hydrogen-bond acceptors (Lipinski definition) is 5. The van der Waals surface area contributed by atoms with Gasteiger partial charge in [-0.25, -0.2) is 0 Å². The number of hydrogen-bond donors (Lipinski definition) is 1. The van der Waals surface area contributed by atoms with E-state index >= 15 is 0 Å². The van der Waals surface area contributed by atoms with E-state index in [1.807, 2.05) is 81.5 Å². The molecular formula is C31H34O5. The van der Waals surface area contributed by atoms with Crippen LogP contribution in [0.1, 0.15) is 65.4 Å². The molecule has 0 amide bonds. The maximum atomic E-state index is 13.3. The topological polar surface area (TPSA) is 65.0 Å². The molecule has 0 radical (unpaired) electrons. The van der Waals surface area contributed by atoms with E-state index in [4.69, 9.17) is 14.2 Å². The van der Waals surface area contributed by atoms with Gasteiger partial charge in [0.15, 0.2) is 6.61 Å². The highest BCUT2D eigenvalue weighted by Crippen LogP contribution is 2.39. The van der Waals surface area contributed by atoms with Gasteiger partial charge in [-0.1, -0.05) is 49.2 Å². The molecule has 0 spiro atoms. The van der Waals surface area contributed by atoms with Crippen LogP contribution in [0.4, 0.5) is 0 Å². The van der Waals surface area contributed by atoms with Crippen molar-refractivity contribution in [2.24, 2.45) is 0 Å². The van der Waals surface area contributed by atoms with Crippen LogP contribution in [0.2, 0.25) is 0 Å². The van der Waals surface area contributed by atoms with E-state index in [1.54, 1.807) is 6.07 Å². The second-order valence-electron chi connectivity index (χ2n) is 9.73.